The topological polar surface area (TPSA) is 68.1 Å². The number of halogens is 1. The van der Waals surface area contributed by atoms with Crippen LogP contribution in [0.2, 0.25) is 0 Å². The fourth-order valence-corrected chi connectivity index (χ4v) is 3.02. The number of carboxylic acids is 1. The molecule has 1 aromatic rings. The summed E-state index contributed by atoms with van der Waals surface area (Å²) in [6, 6.07) is 7.16. The van der Waals surface area contributed by atoms with Gasteiger partial charge in [0.25, 0.3) is 0 Å². The smallest absolute Gasteiger partial charge is 0.316 e. The number of aliphatic carboxylic acids is 1. The van der Waals surface area contributed by atoms with Gasteiger partial charge in [0, 0.05) is 10.2 Å². The molecule has 1 aromatic carbocycles. The fraction of sp³-hybridized carbons (Fsp3) is 0.500. The second kappa shape index (κ2) is 7.85. The first-order valence-corrected chi connectivity index (χ1v) is 8.01. The molecule has 6 heteroatoms. The molecule has 2 rings (SSSR count). The summed E-state index contributed by atoms with van der Waals surface area (Å²) < 4.78 is 11.8. The Morgan fingerprint density at radius 3 is 2.73 bits per heavy atom. The van der Waals surface area contributed by atoms with Gasteiger partial charge >= 0.3 is 5.97 Å². The first-order chi connectivity index (χ1) is 10.5. The number of rotatable bonds is 5. The second-order valence-electron chi connectivity index (χ2n) is 5.29. The molecule has 1 saturated heterocycles. The van der Waals surface area contributed by atoms with Crippen molar-refractivity contribution in [3.8, 4) is 0 Å². The normalized spacial score (nSPS) is 22.1. The molecule has 0 aromatic heterocycles. The molecule has 3 atom stereocenters. The molecule has 0 saturated carbocycles. The van der Waals surface area contributed by atoms with E-state index in [4.69, 9.17) is 9.47 Å². The van der Waals surface area contributed by atoms with Crippen LogP contribution in [0.15, 0.2) is 33.7 Å². The third kappa shape index (κ3) is 4.15. The van der Waals surface area contributed by atoms with Gasteiger partial charge in [0.15, 0.2) is 0 Å². The lowest BCUT2D eigenvalue weighted by atomic mass is 9.94. The number of carbonyl (C=O) groups is 1. The van der Waals surface area contributed by atoms with E-state index in [9.17, 15) is 9.90 Å². The predicted octanol–water partition coefficient (Wildman–Crippen LogP) is 2.88. The molecular weight excluding hydrogens is 350 g/mol. The molecule has 1 aliphatic heterocycles. The highest BCUT2D eigenvalue weighted by Gasteiger charge is 2.27. The van der Waals surface area contributed by atoms with Crippen LogP contribution in [-0.2, 0) is 14.3 Å². The van der Waals surface area contributed by atoms with Crippen LogP contribution in [0.5, 0.6) is 0 Å². The monoisotopic (exact) mass is 369 g/mol. The van der Waals surface area contributed by atoms with E-state index in [1.54, 1.807) is 13.0 Å². The van der Waals surface area contributed by atoms with Gasteiger partial charge in [-0.25, -0.2) is 0 Å². The van der Waals surface area contributed by atoms with Crippen molar-refractivity contribution in [2.24, 2.45) is 4.99 Å². The third-order valence-electron chi connectivity index (χ3n) is 3.67. The maximum Gasteiger partial charge on any atom is 0.316 e. The Hall–Kier alpha value is -1.24. The van der Waals surface area contributed by atoms with Crippen molar-refractivity contribution < 1.29 is 19.4 Å². The summed E-state index contributed by atoms with van der Waals surface area (Å²) in [5.74, 6) is -1.69. The Balaban J connectivity index is 2.22. The number of ether oxygens (including phenoxy) is 2. The summed E-state index contributed by atoms with van der Waals surface area (Å²) in [4.78, 5) is 16.2. The number of aliphatic imine (C=N–C) groups is 1. The van der Waals surface area contributed by atoms with E-state index in [1.165, 1.54) is 0 Å². The van der Waals surface area contributed by atoms with E-state index in [2.05, 4.69) is 20.9 Å². The molecule has 1 fully saturated rings. The summed E-state index contributed by atoms with van der Waals surface area (Å²) >= 11 is 3.41. The van der Waals surface area contributed by atoms with Gasteiger partial charge in [0.1, 0.15) is 12.0 Å². The highest BCUT2D eigenvalue weighted by Crippen LogP contribution is 2.27. The lowest BCUT2D eigenvalue weighted by Crippen LogP contribution is -2.37. The molecule has 0 spiro atoms. The highest BCUT2D eigenvalue weighted by atomic mass is 79.9. The largest absolute Gasteiger partial charge is 0.480 e. The predicted molar refractivity (Wildman–Crippen MR) is 87.6 cm³/mol. The van der Waals surface area contributed by atoms with Crippen molar-refractivity contribution in [1.29, 1.82) is 0 Å². The zero-order chi connectivity index (χ0) is 16.1. The fourth-order valence-electron chi connectivity index (χ4n) is 2.51. The van der Waals surface area contributed by atoms with Gasteiger partial charge in [-0.2, -0.15) is 0 Å². The van der Waals surface area contributed by atoms with Gasteiger partial charge in [-0.3, -0.25) is 9.79 Å². The van der Waals surface area contributed by atoms with E-state index in [-0.39, 0.29) is 12.1 Å². The van der Waals surface area contributed by atoms with Crippen LogP contribution in [0.3, 0.4) is 0 Å². The van der Waals surface area contributed by atoms with Crippen molar-refractivity contribution in [1.82, 2.24) is 0 Å². The van der Waals surface area contributed by atoms with Gasteiger partial charge in [-0.15, -0.1) is 0 Å². The minimum absolute atomic E-state index is 0.127. The van der Waals surface area contributed by atoms with Crippen LogP contribution >= 0.6 is 15.9 Å². The van der Waals surface area contributed by atoms with E-state index in [0.29, 0.717) is 31.1 Å². The van der Waals surface area contributed by atoms with Gasteiger partial charge in [0.05, 0.1) is 25.9 Å². The van der Waals surface area contributed by atoms with E-state index >= 15 is 0 Å². The lowest BCUT2D eigenvalue weighted by Gasteiger charge is -2.27. The Kier molecular flexibility index (Phi) is 6.11. The number of benzene rings is 1. The van der Waals surface area contributed by atoms with Gasteiger partial charge in [0.2, 0.25) is 0 Å². The Morgan fingerprint density at radius 1 is 1.41 bits per heavy atom. The van der Waals surface area contributed by atoms with Gasteiger partial charge in [-0.05, 0) is 25.5 Å². The van der Waals surface area contributed by atoms with Crippen LogP contribution in [0, 0.1) is 0 Å². The summed E-state index contributed by atoms with van der Waals surface area (Å²) in [5.41, 5.74) is 1.25. The first kappa shape index (κ1) is 17.1. The molecule has 0 aliphatic carbocycles. The average Bonchev–Trinajstić information content (AvgIpc) is 2.50. The van der Waals surface area contributed by atoms with Crippen molar-refractivity contribution >= 4 is 27.6 Å². The van der Waals surface area contributed by atoms with Crippen LogP contribution in [-0.4, -0.2) is 48.8 Å². The minimum atomic E-state index is -0.916. The quantitative estimate of drug-likeness (QED) is 0.810. The maximum atomic E-state index is 11.7. The van der Waals surface area contributed by atoms with Crippen molar-refractivity contribution in [3.63, 3.8) is 0 Å². The van der Waals surface area contributed by atoms with E-state index in [0.717, 1.165) is 4.47 Å². The molecule has 1 N–H and O–H groups in total. The third-order valence-corrected chi connectivity index (χ3v) is 4.39. The maximum absolute atomic E-state index is 11.7. The molecule has 3 unspecified atom stereocenters. The molecule has 0 radical (unpaired) electrons. The van der Waals surface area contributed by atoms with Crippen LogP contribution in [0.1, 0.15) is 25.3 Å². The van der Waals surface area contributed by atoms with Crippen molar-refractivity contribution in [2.45, 2.75) is 31.9 Å². The van der Waals surface area contributed by atoms with E-state index < -0.39 is 11.9 Å². The molecule has 0 bridgehead atoms. The number of hydrogen-bond acceptors (Lipinski definition) is 4. The summed E-state index contributed by atoms with van der Waals surface area (Å²) in [5, 5.41) is 9.59. The van der Waals surface area contributed by atoms with Gasteiger partial charge < -0.3 is 14.6 Å². The van der Waals surface area contributed by atoms with Crippen molar-refractivity contribution in [2.75, 3.05) is 19.8 Å². The molecule has 22 heavy (non-hydrogen) atoms. The lowest BCUT2D eigenvalue weighted by molar-refractivity contribution is -0.137. The molecular formula is C16H20BrNO4. The molecule has 0 amide bonds. The Morgan fingerprint density at radius 2 is 2.14 bits per heavy atom. The average molecular weight is 370 g/mol. The standard InChI is InChI=1S/C16H20BrNO4/c1-10(14-9-21-7-8-22-14)18-11(2)15(16(19)20)12-5-3-4-6-13(12)17/h3-6,10,14-15H,7-9H2,1-2H3,(H,19,20). The number of carboxylic acid groups (broad SMARTS) is 1. The summed E-state index contributed by atoms with van der Waals surface area (Å²) in [7, 11) is 0. The molecule has 5 nitrogen and oxygen atoms in total. The van der Waals surface area contributed by atoms with E-state index in [1.807, 2.05) is 25.1 Å². The summed E-state index contributed by atoms with van der Waals surface area (Å²) in [6.07, 6.45) is -0.127. The molecule has 1 aliphatic rings. The Bertz CT molecular complexity index is 555. The summed E-state index contributed by atoms with van der Waals surface area (Å²) in [6.45, 7) is 5.31. The van der Waals surface area contributed by atoms with Crippen LogP contribution in [0.4, 0.5) is 0 Å². The zero-order valence-electron chi connectivity index (χ0n) is 12.7. The highest BCUT2D eigenvalue weighted by molar-refractivity contribution is 9.10. The SMILES string of the molecule is CC(=NC(C)C1COCCO1)C(C(=O)O)c1ccccc1Br. The Labute approximate surface area is 138 Å². The number of nitrogens with zero attached hydrogens (tertiary/aromatic N) is 1. The first-order valence-electron chi connectivity index (χ1n) is 7.21. The van der Waals surface area contributed by atoms with Crippen molar-refractivity contribution in [3.05, 3.63) is 34.3 Å². The zero-order valence-corrected chi connectivity index (χ0v) is 14.2. The molecule has 120 valence electrons. The molecule has 1 heterocycles. The number of hydrogen-bond donors (Lipinski definition) is 1. The second-order valence-corrected chi connectivity index (χ2v) is 6.14. The van der Waals surface area contributed by atoms with Crippen LogP contribution in [0.25, 0.3) is 0 Å². The minimum Gasteiger partial charge on any atom is -0.480 e. The van der Waals surface area contributed by atoms with Gasteiger partial charge in [-0.1, -0.05) is 34.1 Å². The van der Waals surface area contributed by atoms with Crippen LogP contribution < -0.4 is 0 Å².